The van der Waals surface area contributed by atoms with E-state index >= 15 is 0 Å². The molecule has 0 bridgehead atoms. The van der Waals surface area contributed by atoms with Crippen LogP contribution in [-0.4, -0.2) is 53.7 Å². The summed E-state index contributed by atoms with van der Waals surface area (Å²) < 4.78 is 0. The molecule has 1 fully saturated rings. The molecule has 2 aromatic rings. The van der Waals surface area contributed by atoms with E-state index in [0.717, 1.165) is 38.3 Å². The van der Waals surface area contributed by atoms with Crippen molar-refractivity contribution in [2.24, 2.45) is 0 Å². The number of hydrogen-bond donors (Lipinski definition) is 1. The van der Waals surface area contributed by atoms with Crippen molar-refractivity contribution in [3.8, 4) is 0 Å². The lowest BCUT2D eigenvalue weighted by Gasteiger charge is -2.36. The van der Waals surface area contributed by atoms with Gasteiger partial charge in [0.2, 0.25) is 0 Å². The standard InChI is InChI=1S/C21H29N5O/c1-4-5-11-22-20-10-9-18(23-24-20)21(27)26-14-12-25(13-15-26)19-8-6-7-16(2)17(19)3/h6-10H,4-5,11-15H2,1-3H3,(H,22,24). The lowest BCUT2D eigenvalue weighted by Crippen LogP contribution is -2.49. The zero-order valence-corrected chi connectivity index (χ0v) is 16.5. The van der Waals surface area contributed by atoms with E-state index in [2.05, 4.69) is 59.4 Å². The van der Waals surface area contributed by atoms with Gasteiger partial charge in [-0.3, -0.25) is 4.79 Å². The molecule has 0 aliphatic carbocycles. The van der Waals surface area contributed by atoms with E-state index in [-0.39, 0.29) is 5.91 Å². The van der Waals surface area contributed by atoms with E-state index in [1.54, 1.807) is 6.07 Å². The van der Waals surface area contributed by atoms with E-state index in [4.69, 9.17) is 0 Å². The minimum Gasteiger partial charge on any atom is -0.369 e. The van der Waals surface area contributed by atoms with Crippen LogP contribution in [-0.2, 0) is 0 Å². The van der Waals surface area contributed by atoms with Crippen LogP contribution < -0.4 is 10.2 Å². The molecule has 144 valence electrons. The normalized spacial score (nSPS) is 14.3. The van der Waals surface area contributed by atoms with Gasteiger partial charge in [-0.2, -0.15) is 0 Å². The van der Waals surface area contributed by atoms with Gasteiger partial charge in [0.25, 0.3) is 5.91 Å². The first kappa shape index (κ1) is 19.1. The monoisotopic (exact) mass is 367 g/mol. The molecule has 0 radical (unpaired) electrons. The first-order valence-electron chi connectivity index (χ1n) is 9.78. The van der Waals surface area contributed by atoms with Crippen LogP contribution in [0.4, 0.5) is 11.5 Å². The molecule has 0 saturated carbocycles. The number of benzene rings is 1. The van der Waals surface area contributed by atoms with E-state index in [0.29, 0.717) is 18.8 Å². The Morgan fingerprint density at radius 1 is 1.07 bits per heavy atom. The second kappa shape index (κ2) is 8.84. The fourth-order valence-electron chi connectivity index (χ4n) is 3.32. The molecule has 1 N–H and O–H groups in total. The minimum absolute atomic E-state index is 0.0387. The van der Waals surface area contributed by atoms with Crippen LogP contribution in [0.3, 0.4) is 0 Å². The van der Waals surface area contributed by atoms with Crippen LogP contribution in [0.2, 0.25) is 0 Å². The zero-order valence-electron chi connectivity index (χ0n) is 16.5. The van der Waals surface area contributed by atoms with Gasteiger partial charge in [-0.05, 0) is 49.6 Å². The van der Waals surface area contributed by atoms with Crippen molar-refractivity contribution in [3.05, 3.63) is 47.2 Å². The quantitative estimate of drug-likeness (QED) is 0.794. The van der Waals surface area contributed by atoms with Crippen LogP contribution in [0.25, 0.3) is 0 Å². The van der Waals surface area contributed by atoms with Gasteiger partial charge in [0.1, 0.15) is 5.82 Å². The molecule has 0 atom stereocenters. The Labute approximate surface area is 161 Å². The predicted molar refractivity (Wildman–Crippen MR) is 109 cm³/mol. The van der Waals surface area contributed by atoms with E-state index in [1.165, 1.54) is 16.8 Å². The van der Waals surface area contributed by atoms with Gasteiger partial charge >= 0.3 is 0 Å². The third-order valence-electron chi connectivity index (χ3n) is 5.20. The summed E-state index contributed by atoms with van der Waals surface area (Å²) in [6, 6.07) is 10.00. The van der Waals surface area contributed by atoms with E-state index < -0.39 is 0 Å². The molecule has 1 aliphatic rings. The van der Waals surface area contributed by atoms with Crippen LogP contribution in [0.5, 0.6) is 0 Å². The molecule has 6 nitrogen and oxygen atoms in total. The number of anilines is 2. The van der Waals surface area contributed by atoms with Gasteiger partial charge in [0.15, 0.2) is 5.69 Å². The van der Waals surface area contributed by atoms with Gasteiger partial charge in [0.05, 0.1) is 0 Å². The van der Waals surface area contributed by atoms with E-state index in [1.807, 2.05) is 11.0 Å². The van der Waals surface area contributed by atoms with Gasteiger partial charge in [0, 0.05) is 38.4 Å². The molecule has 27 heavy (non-hydrogen) atoms. The Morgan fingerprint density at radius 3 is 2.52 bits per heavy atom. The summed E-state index contributed by atoms with van der Waals surface area (Å²) >= 11 is 0. The maximum absolute atomic E-state index is 12.7. The smallest absolute Gasteiger partial charge is 0.274 e. The molecule has 0 spiro atoms. The van der Waals surface area contributed by atoms with Gasteiger partial charge in [-0.15, -0.1) is 10.2 Å². The highest BCUT2D eigenvalue weighted by Crippen LogP contribution is 2.24. The van der Waals surface area contributed by atoms with Crippen molar-refractivity contribution in [2.45, 2.75) is 33.6 Å². The lowest BCUT2D eigenvalue weighted by atomic mass is 10.1. The summed E-state index contributed by atoms with van der Waals surface area (Å²) in [4.78, 5) is 17.0. The summed E-state index contributed by atoms with van der Waals surface area (Å²) in [5.74, 6) is 0.683. The van der Waals surface area contributed by atoms with Crippen molar-refractivity contribution in [1.29, 1.82) is 0 Å². The SMILES string of the molecule is CCCCNc1ccc(C(=O)N2CCN(c3cccc(C)c3C)CC2)nn1. The predicted octanol–water partition coefficient (Wildman–Crippen LogP) is 3.27. The molecule has 3 rings (SSSR count). The second-order valence-electron chi connectivity index (χ2n) is 7.08. The van der Waals surface area contributed by atoms with Crippen molar-refractivity contribution < 1.29 is 4.79 Å². The van der Waals surface area contributed by atoms with Crippen LogP contribution >= 0.6 is 0 Å². The van der Waals surface area contributed by atoms with Gasteiger partial charge < -0.3 is 15.1 Å². The molecule has 1 saturated heterocycles. The Balaban J connectivity index is 1.57. The van der Waals surface area contributed by atoms with Crippen LogP contribution in [0, 0.1) is 13.8 Å². The first-order chi connectivity index (χ1) is 13.1. The summed E-state index contributed by atoms with van der Waals surface area (Å²) in [6.45, 7) is 10.4. The molecule has 6 heteroatoms. The maximum Gasteiger partial charge on any atom is 0.274 e. The van der Waals surface area contributed by atoms with Crippen molar-refractivity contribution in [2.75, 3.05) is 42.9 Å². The lowest BCUT2D eigenvalue weighted by molar-refractivity contribution is 0.0739. The summed E-state index contributed by atoms with van der Waals surface area (Å²) in [7, 11) is 0. The average molecular weight is 367 g/mol. The number of rotatable bonds is 6. The molecule has 1 aromatic heterocycles. The second-order valence-corrected chi connectivity index (χ2v) is 7.08. The first-order valence-corrected chi connectivity index (χ1v) is 9.78. The van der Waals surface area contributed by atoms with Crippen molar-refractivity contribution >= 4 is 17.4 Å². The number of piperazine rings is 1. The molecular weight excluding hydrogens is 338 g/mol. The third-order valence-corrected chi connectivity index (χ3v) is 5.20. The number of carbonyl (C=O) groups excluding carboxylic acids is 1. The average Bonchev–Trinajstić information content (AvgIpc) is 2.70. The zero-order chi connectivity index (χ0) is 19.2. The number of aryl methyl sites for hydroxylation is 1. The highest BCUT2D eigenvalue weighted by molar-refractivity contribution is 5.92. The number of aromatic nitrogens is 2. The van der Waals surface area contributed by atoms with Crippen LogP contribution in [0.15, 0.2) is 30.3 Å². The summed E-state index contributed by atoms with van der Waals surface area (Å²) in [5.41, 5.74) is 4.30. The van der Waals surface area contributed by atoms with Gasteiger partial charge in [-0.25, -0.2) is 0 Å². The Morgan fingerprint density at radius 2 is 1.85 bits per heavy atom. The summed E-state index contributed by atoms with van der Waals surface area (Å²) in [6.07, 6.45) is 2.22. The van der Waals surface area contributed by atoms with Gasteiger partial charge in [-0.1, -0.05) is 25.5 Å². The largest absolute Gasteiger partial charge is 0.369 e. The number of nitrogens with zero attached hydrogens (tertiary/aromatic N) is 4. The number of unbranched alkanes of at least 4 members (excludes halogenated alkanes) is 1. The number of nitrogens with one attached hydrogen (secondary N) is 1. The molecule has 1 aromatic carbocycles. The molecule has 1 aliphatic heterocycles. The van der Waals surface area contributed by atoms with Crippen molar-refractivity contribution in [1.82, 2.24) is 15.1 Å². The molecule has 0 unspecified atom stereocenters. The highest BCUT2D eigenvalue weighted by atomic mass is 16.2. The Hall–Kier alpha value is -2.63. The fourth-order valence-corrected chi connectivity index (χ4v) is 3.32. The highest BCUT2D eigenvalue weighted by Gasteiger charge is 2.24. The Kier molecular flexibility index (Phi) is 6.27. The number of carbonyl (C=O) groups is 1. The third kappa shape index (κ3) is 4.56. The number of amides is 1. The van der Waals surface area contributed by atoms with E-state index in [9.17, 15) is 4.79 Å². The maximum atomic E-state index is 12.7. The fraction of sp³-hybridized carbons (Fsp3) is 0.476. The topological polar surface area (TPSA) is 61.4 Å². The summed E-state index contributed by atoms with van der Waals surface area (Å²) in [5, 5.41) is 11.5. The minimum atomic E-state index is -0.0387. The Bertz CT molecular complexity index is 767. The molecule has 2 heterocycles. The van der Waals surface area contributed by atoms with Crippen molar-refractivity contribution in [3.63, 3.8) is 0 Å². The van der Waals surface area contributed by atoms with Crippen LogP contribution in [0.1, 0.15) is 41.4 Å². The molecule has 1 amide bonds. The number of hydrogen-bond acceptors (Lipinski definition) is 5. The molecular formula is C21H29N5O.